The van der Waals surface area contributed by atoms with Gasteiger partial charge in [-0.1, -0.05) is 30.4 Å². The minimum absolute atomic E-state index is 0.0368. The second-order valence-electron chi connectivity index (χ2n) is 6.84. The summed E-state index contributed by atoms with van der Waals surface area (Å²) >= 11 is 0. The lowest BCUT2D eigenvalue weighted by Gasteiger charge is -2.28. The third kappa shape index (κ3) is 9.25. The molecule has 1 atom stereocenters. The topological polar surface area (TPSA) is 53.6 Å². The number of ether oxygens (including phenoxy) is 1. The maximum atomic E-state index is 13.2. The number of methoxy groups -OCH3 is 1. The van der Waals surface area contributed by atoms with Crippen LogP contribution in [0.4, 0.5) is 10.1 Å². The van der Waals surface area contributed by atoms with Gasteiger partial charge >= 0.3 is 0 Å². The van der Waals surface area contributed by atoms with E-state index in [1.165, 1.54) is 19.1 Å². The Morgan fingerprint density at radius 3 is 2.62 bits per heavy atom. The zero-order valence-corrected chi connectivity index (χ0v) is 18.0. The second kappa shape index (κ2) is 12.6. The minimum Gasteiger partial charge on any atom is -0.495 e. The Bertz CT molecular complexity index is 784. The van der Waals surface area contributed by atoms with Crippen molar-refractivity contribution < 1.29 is 13.9 Å². The number of allylic oxidation sites excluding steroid dienone is 5. The number of carbonyl (C=O) groups is 1. The number of hydrogen-bond donors (Lipinski definition) is 2. The molecule has 0 bridgehead atoms. The van der Waals surface area contributed by atoms with Gasteiger partial charge in [-0.2, -0.15) is 0 Å². The van der Waals surface area contributed by atoms with Crippen molar-refractivity contribution in [3.63, 3.8) is 0 Å². The number of halogens is 1. The third-order valence-electron chi connectivity index (χ3n) is 4.23. The molecule has 2 N–H and O–H groups in total. The first-order chi connectivity index (χ1) is 13.8. The van der Waals surface area contributed by atoms with E-state index in [1.807, 2.05) is 45.2 Å². The Balaban J connectivity index is 2.77. The molecule has 1 aromatic rings. The van der Waals surface area contributed by atoms with Crippen LogP contribution < -0.4 is 15.4 Å². The average Bonchev–Trinajstić information content (AvgIpc) is 2.69. The fraction of sp³-hybridized carbons (Fsp3) is 0.348. The molecule has 0 saturated carbocycles. The Kier molecular flexibility index (Phi) is 10.5. The normalized spacial score (nSPS) is 13.8. The molecule has 6 heteroatoms. The molecule has 0 saturated heterocycles. The molecule has 5 nitrogen and oxygen atoms in total. The molecule has 0 fully saturated rings. The van der Waals surface area contributed by atoms with Crippen molar-refractivity contribution in [1.29, 1.82) is 0 Å². The van der Waals surface area contributed by atoms with Gasteiger partial charge in [0.2, 0.25) is 0 Å². The van der Waals surface area contributed by atoms with Gasteiger partial charge in [0.15, 0.2) is 5.78 Å². The highest BCUT2D eigenvalue weighted by Gasteiger charge is 2.12. The Morgan fingerprint density at radius 2 is 2.00 bits per heavy atom. The molecule has 1 aromatic carbocycles. The van der Waals surface area contributed by atoms with Crippen LogP contribution in [0, 0.1) is 0 Å². The van der Waals surface area contributed by atoms with Crippen LogP contribution in [0.2, 0.25) is 0 Å². The number of hydrogen-bond acceptors (Lipinski definition) is 5. The summed E-state index contributed by atoms with van der Waals surface area (Å²) in [6.07, 6.45) is 5.84. The van der Waals surface area contributed by atoms with Crippen molar-refractivity contribution in [3.8, 4) is 5.75 Å². The summed E-state index contributed by atoms with van der Waals surface area (Å²) in [7, 11) is 3.58. The van der Waals surface area contributed by atoms with Crippen LogP contribution in [0.3, 0.4) is 0 Å². The number of nitrogens with zero attached hydrogens (tertiary/aromatic N) is 1. The number of anilines is 1. The van der Waals surface area contributed by atoms with Gasteiger partial charge in [-0.3, -0.25) is 9.69 Å². The predicted molar refractivity (Wildman–Crippen MR) is 119 cm³/mol. The van der Waals surface area contributed by atoms with E-state index in [4.69, 9.17) is 4.74 Å². The van der Waals surface area contributed by atoms with Gasteiger partial charge in [-0.15, -0.1) is 0 Å². The van der Waals surface area contributed by atoms with Crippen molar-refractivity contribution in [2.24, 2.45) is 0 Å². The number of benzene rings is 1. The van der Waals surface area contributed by atoms with Crippen LogP contribution in [0.5, 0.6) is 5.75 Å². The molecule has 0 aliphatic rings. The predicted octanol–water partition coefficient (Wildman–Crippen LogP) is 4.43. The fourth-order valence-electron chi connectivity index (χ4n) is 2.62. The van der Waals surface area contributed by atoms with E-state index in [9.17, 15) is 9.18 Å². The molecule has 0 heterocycles. The van der Waals surface area contributed by atoms with E-state index in [-0.39, 0.29) is 17.8 Å². The van der Waals surface area contributed by atoms with Gasteiger partial charge in [-0.25, -0.2) is 4.39 Å². The molecule has 1 unspecified atom stereocenters. The summed E-state index contributed by atoms with van der Waals surface area (Å²) < 4.78 is 18.5. The number of carbonyl (C=O) groups excluding carboxylic acids is 1. The summed E-state index contributed by atoms with van der Waals surface area (Å²) in [5.74, 6) is 0.331. The average molecular weight is 402 g/mol. The van der Waals surface area contributed by atoms with Crippen LogP contribution in [0.1, 0.15) is 20.8 Å². The van der Waals surface area contributed by atoms with Crippen LogP contribution in [-0.4, -0.2) is 44.1 Å². The highest BCUT2D eigenvalue weighted by Crippen LogP contribution is 2.23. The van der Waals surface area contributed by atoms with Gasteiger partial charge in [0.25, 0.3) is 0 Å². The molecular weight excluding hydrogens is 369 g/mol. The first-order valence-corrected chi connectivity index (χ1v) is 9.47. The summed E-state index contributed by atoms with van der Waals surface area (Å²) in [5, 5.41) is 6.66. The second-order valence-corrected chi connectivity index (χ2v) is 6.84. The van der Waals surface area contributed by atoms with E-state index in [0.29, 0.717) is 13.1 Å². The molecule has 158 valence electrons. The van der Waals surface area contributed by atoms with E-state index in [0.717, 1.165) is 22.7 Å². The lowest BCUT2D eigenvalue weighted by atomic mass is 10.2. The number of ketones is 1. The number of para-hydroxylation sites is 2. The van der Waals surface area contributed by atoms with Crippen molar-refractivity contribution in [1.82, 2.24) is 10.2 Å². The zero-order valence-electron chi connectivity index (χ0n) is 18.0. The van der Waals surface area contributed by atoms with Gasteiger partial charge in [-0.05, 0) is 52.1 Å². The van der Waals surface area contributed by atoms with Crippen molar-refractivity contribution in [2.45, 2.75) is 26.9 Å². The first kappa shape index (κ1) is 24.2. The molecule has 29 heavy (non-hydrogen) atoms. The summed E-state index contributed by atoms with van der Waals surface area (Å²) in [5.41, 5.74) is 2.62. The van der Waals surface area contributed by atoms with Gasteiger partial charge in [0, 0.05) is 18.3 Å². The van der Waals surface area contributed by atoms with Gasteiger partial charge in [0.05, 0.1) is 25.5 Å². The van der Waals surface area contributed by atoms with E-state index >= 15 is 0 Å². The Hall–Kier alpha value is -2.86. The van der Waals surface area contributed by atoms with Crippen LogP contribution in [-0.2, 0) is 4.79 Å². The Labute approximate surface area is 173 Å². The molecule has 0 aromatic heterocycles. The van der Waals surface area contributed by atoms with Crippen LogP contribution in [0.15, 0.2) is 72.2 Å². The SMILES string of the molecule is C=C/C(F)=C\C=C(/C)CN(C)C(C)N/C(=C\C(C)=O)CNc1ccccc1OC. The van der Waals surface area contributed by atoms with Gasteiger partial charge in [0.1, 0.15) is 11.6 Å². The van der Waals surface area contributed by atoms with E-state index in [1.54, 1.807) is 19.3 Å². The Morgan fingerprint density at radius 1 is 1.31 bits per heavy atom. The first-order valence-electron chi connectivity index (χ1n) is 9.47. The number of rotatable bonds is 12. The molecular formula is C23H32FN3O2. The largest absolute Gasteiger partial charge is 0.495 e. The molecule has 0 aliphatic heterocycles. The molecule has 0 amide bonds. The third-order valence-corrected chi connectivity index (χ3v) is 4.23. The summed E-state index contributed by atoms with van der Waals surface area (Å²) in [4.78, 5) is 13.7. The maximum Gasteiger partial charge on any atom is 0.154 e. The van der Waals surface area contributed by atoms with Crippen molar-refractivity contribution in [2.75, 3.05) is 32.6 Å². The van der Waals surface area contributed by atoms with Gasteiger partial charge < -0.3 is 15.4 Å². The highest BCUT2D eigenvalue weighted by atomic mass is 19.1. The number of likely N-dealkylation sites (N-methyl/N-ethyl adjacent to an activating group) is 1. The standard InChI is InChI=1S/C23H32FN3O2/c1-7-20(24)13-12-17(2)16-27(5)19(4)26-21(14-18(3)28)15-25-22-10-8-9-11-23(22)29-6/h7-14,19,25-26H,1,15-16H2,2-6H3/b17-12+,20-13+,21-14-. The van der Waals surface area contributed by atoms with Crippen LogP contribution in [0.25, 0.3) is 0 Å². The van der Waals surface area contributed by atoms with E-state index < -0.39 is 0 Å². The lowest BCUT2D eigenvalue weighted by Crippen LogP contribution is -2.42. The highest BCUT2D eigenvalue weighted by molar-refractivity contribution is 5.88. The number of nitrogens with one attached hydrogen (secondary N) is 2. The smallest absolute Gasteiger partial charge is 0.154 e. The zero-order chi connectivity index (χ0) is 21.8. The molecule has 1 rings (SSSR count). The molecule has 0 radical (unpaired) electrons. The summed E-state index contributed by atoms with van der Waals surface area (Å²) in [6, 6.07) is 7.61. The molecule has 0 aliphatic carbocycles. The lowest BCUT2D eigenvalue weighted by molar-refractivity contribution is -0.112. The fourth-order valence-corrected chi connectivity index (χ4v) is 2.62. The monoisotopic (exact) mass is 401 g/mol. The maximum absolute atomic E-state index is 13.2. The quantitative estimate of drug-likeness (QED) is 0.308. The van der Waals surface area contributed by atoms with Crippen LogP contribution >= 0.6 is 0 Å². The van der Waals surface area contributed by atoms with Crippen molar-refractivity contribution >= 4 is 11.5 Å². The summed E-state index contributed by atoms with van der Waals surface area (Å²) in [6.45, 7) is 9.94. The van der Waals surface area contributed by atoms with E-state index in [2.05, 4.69) is 22.1 Å². The minimum atomic E-state index is -0.368. The van der Waals surface area contributed by atoms with Crippen molar-refractivity contribution in [3.05, 3.63) is 72.2 Å². The molecule has 0 spiro atoms.